The van der Waals surface area contributed by atoms with E-state index in [0.717, 1.165) is 9.26 Å². The Bertz CT molecular complexity index is 748. The normalized spacial score (nSPS) is 13.3. The highest BCUT2D eigenvalue weighted by Gasteiger charge is 2.25. The Morgan fingerprint density at radius 3 is 2.87 bits per heavy atom. The Morgan fingerprint density at radius 2 is 2.04 bits per heavy atom. The Morgan fingerprint density at radius 1 is 1.22 bits per heavy atom. The molecule has 0 radical (unpaired) electrons. The molecule has 0 saturated carbocycles. The van der Waals surface area contributed by atoms with Gasteiger partial charge in [-0.15, -0.1) is 0 Å². The summed E-state index contributed by atoms with van der Waals surface area (Å²) in [7, 11) is 0. The van der Waals surface area contributed by atoms with Crippen LogP contribution in [0.25, 0.3) is 0 Å². The molecule has 2 aromatic carbocycles. The summed E-state index contributed by atoms with van der Waals surface area (Å²) in [6.45, 7) is 0.338. The zero-order valence-corrected chi connectivity index (χ0v) is 14.4. The lowest BCUT2D eigenvalue weighted by Crippen LogP contribution is -2.40. The molecule has 1 heterocycles. The first kappa shape index (κ1) is 15.8. The number of halogens is 1. The number of hydrogen-bond acceptors (Lipinski definition) is 3. The van der Waals surface area contributed by atoms with Gasteiger partial charge < -0.3 is 15.0 Å². The molecule has 6 heteroatoms. The maximum atomic E-state index is 12.1. The SMILES string of the molecule is O=C(CCN1C(=O)COc2ccccc21)Nc1cccc(I)c1. The third kappa shape index (κ3) is 3.82. The maximum Gasteiger partial charge on any atom is 0.265 e. The number of para-hydroxylation sites is 2. The number of carbonyl (C=O) groups excluding carboxylic acids is 2. The predicted octanol–water partition coefficient (Wildman–Crippen LogP) is 3.05. The minimum Gasteiger partial charge on any atom is -0.482 e. The van der Waals surface area contributed by atoms with E-state index >= 15 is 0 Å². The molecule has 0 spiro atoms. The summed E-state index contributed by atoms with van der Waals surface area (Å²) in [5.41, 5.74) is 1.47. The van der Waals surface area contributed by atoms with Gasteiger partial charge in [0.2, 0.25) is 5.91 Å². The van der Waals surface area contributed by atoms with E-state index in [2.05, 4.69) is 27.9 Å². The zero-order valence-electron chi connectivity index (χ0n) is 12.3. The third-order valence-electron chi connectivity index (χ3n) is 3.48. The molecule has 0 bridgehead atoms. The van der Waals surface area contributed by atoms with Crippen molar-refractivity contribution < 1.29 is 14.3 Å². The largest absolute Gasteiger partial charge is 0.482 e. The highest BCUT2D eigenvalue weighted by atomic mass is 127. The molecule has 2 aromatic rings. The van der Waals surface area contributed by atoms with Crippen LogP contribution in [-0.2, 0) is 9.59 Å². The number of rotatable bonds is 4. The van der Waals surface area contributed by atoms with Gasteiger partial charge in [0.25, 0.3) is 5.91 Å². The number of carbonyl (C=O) groups is 2. The van der Waals surface area contributed by atoms with Gasteiger partial charge >= 0.3 is 0 Å². The van der Waals surface area contributed by atoms with Gasteiger partial charge in [0.05, 0.1) is 5.69 Å². The fraction of sp³-hybridized carbons (Fsp3) is 0.176. The van der Waals surface area contributed by atoms with E-state index in [1.165, 1.54) is 0 Å². The van der Waals surface area contributed by atoms with E-state index in [-0.39, 0.29) is 24.8 Å². The van der Waals surface area contributed by atoms with E-state index in [0.29, 0.717) is 18.0 Å². The van der Waals surface area contributed by atoms with Crippen LogP contribution in [-0.4, -0.2) is 25.0 Å². The van der Waals surface area contributed by atoms with Crippen LogP contribution < -0.4 is 15.0 Å². The molecule has 0 fully saturated rings. The molecule has 0 atom stereocenters. The van der Waals surface area contributed by atoms with Crippen molar-refractivity contribution in [3.8, 4) is 5.75 Å². The summed E-state index contributed by atoms with van der Waals surface area (Å²) in [4.78, 5) is 25.7. The minimum absolute atomic E-state index is 0.00944. The summed E-state index contributed by atoms with van der Waals surface area (Å²) < 4.78 is 6.44. The number of fused-ring (bicyclic) bond motifs is 1. The molecule has 1 aliphatic rings. The predicted molar refractivity (Wildman–Crippen MR) is 96.7 cm³/mol. The second kappa shape index (κ2) is 6.99. The van der Waals surface area contributed by atoms with Gasteiger partial charge in [-0.25, -0.2) is 0 Å². The summed E-state index contributed by atoms with van der Waals surface area (Å²) in [5, 5.41) is 2.85. The molecule has 2 amide bonds. The number of anilines is 2. The molecule has 0 saturated heterocycles. The van der Waals surface area contributed by atoms with Crippen molar-refractivity contribution in [2.45, 2.75) is 6.42 Å². The molecule has 0 unspecified atom stereocenters. The molecule has 0 aromatic heterocycles. The number of amides is 2. The lowest BCUT2D eigenvalue weighted by Gasteiger charge is -2.29. The van der Waals surface area contributed by atoms with E-state index < -0.39 is 0 Å². The van der Waals surface area contributed by atoms with Crippen LogP contribution in [0.1, 0.15) is 6.42 Å². The van der Waals surface area contributed by atoms with Crippen molar-refractivity contribution >= 4 is 45.8 Å². The first-order valence-corrected chi connectivity index (χ1v) is 8.29. The Balaban J connectivity index is 1.64. The number of nitrogens with one attached hydrogen (secondary N) is 1. The van der Waals surface area contributed by atoms with Gasteiger partial charge in [-0.05, 0) is 52.9 Å². The number of benzene rings is 2. The van der Waals surface area contributed by atoms with Crippen molar-refractivity contribution in [3.63, 3.8) is 0 Å². The van der Waals surface area contributed by atoms with E-state index in [1.54, 1.807) is 4.90 Å². The molecule has 23 heavy (non-hydrogen) atoms. The van der Waals surface area contributed by atoms with Gasteiger partial charge in [-0.1, -0.05) is 18.2 Å². The van der Waals surface area contributed by atoms with Crippen LogP contribution in [0.4, 0.5) is 11.4 Å². The first-order chi connectivity index (χ1) is 11.1. The lowest BCUT2D eigenvalue weighted by molar-refractivity contribution is -0.121. The van der Waals surface area contributed by atoms with Crippen molar-refractivity contribution in [1.82, 2.24) is 0 Å². The Kier molecular flexibility index (Phi) is 4.80. The van der Waals surface area contributed by atoms with Crippen LogP contribution in [0.15, 0.2) is 48.5 Å². The van der Waals surface area contributed by atoms with Gasteiger partial charge in [0.15, 0.2) is 6.61 Å². The topological polar surface area (TPSA) is 58.6 Å². The summed E-state index contributed by atoms with van der Waals surface area (Å²) in [6.07, 6.45) is 0.228. The molecule has 1 N–H and O–H groups in total. The first-order valence-electron chi connectivity index (χ1n) is 7.21. The summed E-state index contributed by atoms with van der Waals surface area (Å²) in [5.74, 6) is 0.416. The number of ether oxygens (including phenoxy) is 1. The zero-order chi connectivity index (χ0) is 16.2. The van der Waals surface area contributed by atoms with Crippen molar-refractivity contribution in [3.05, 3.63) is 52.1 Å². The smallest absolute Gasteiger partial charge is 0.265 e. The molecule has 0 aliphatic carbocycles. The van der Waals surface area contributed by atoms with Crippen LogP contribution >= 0.6 is 22.6 Å². The molecule has 118 valence electrons. The Labute approximate surface area is 147 Å². The number of hydrogen-bond donors (Lipinski definition) is 1. The van der Waals surface area contributed by atoms with E-state index in [9.17, 15) is 9.59 Å². The van der Waals surface area contributed by atoms with Crippen LogP contribution in [0.3, 0.4) is 0 Å². The van der Waals surface area contributed by atoms with E-state index in [1.807, 2.05) is 48.5 Å². The van der Waals surface area contributed by atoms with Crippen LogP contribution in [0, 0.1) is 3.57 Å². The second-order valence-corrected chi connectivity index (χ2v) is 6.36. The van der Waals surface area contributed by atoms with Crippen LogP contribution in [0.2, 0.25) is 0 Å². The highest BCUT2D eigenvalue weighted by Crippen LogP contribution is 2.31. The Hall–Kier alpha value is -2.09. The number of nitrogens with zero attached hydrogens (tertiary/aromatic N) is 1. The summed E-state index contributed by atoms with van der Waals surface area (Å²) >= 11 is 2.19. The molecular weight excluding hydrogens is 407 g/mol. The fourth-order valence-electron chi connectivity index (χ4n) is 2.40. The van der Waals surface area contributed by atoms with Crippen molar-refractivity contribution in [2.24, 2.45) is 0 Å². The molecular formula is C17H15IN2O3. The average molecular weight is 422 g/mol. The quantitative estimate of drug-likeness (QED) is 0.771. The van der Waals surface area contributed by atoms with Gasteiger partial charge in [-0.2, -0.15) is 0 Å². The van der Waals surface area contributed by atoms with Gasteiger partial charge in [0, 0.05) is 22.2 Å². The van der Waals surface area contributed by atoms with E-state index in [4.69, 9.17) is 4.74 Å². The van der Waals surface area contributed by atoms with Gasteiger partial charge in [-0.3, -0.25) is 9.59 Å². The fourth-order valence-corrected chi connectivity index (χ4v) is 2.95. The van der Waals surface area contributed by atoms with Crippen molar-refractivity contribution in [1.29, 1.82) is 0 Å². The lowest BCUT2D eigenvalue weighted by atomic mass is 10.2. The second-order valence-electron chi connectivity index (χ2n) is 5.11. The van der Waals surface area contributed by atoms with Gasteiger partial charge in [0.1, 0.15) is 5.75 Å². The maximum absolute atomic E-state index is 12.1. The van der Waals surface area contributed by atoms with Crippen LogP contribution in [0.5, 0.6) is 5.75 Å². The summed E-state index contributed by atoms with van der Waals surface area (Å²) in [6, 6.07) is 14.9. The monoisotopic (exact) mass is 422 g/mol. The highest BCUT2D eigenvalue weighted by molar-refractivity contribution is 14.1. The minimum atomic E-state index is -0.134. The molecule has 3 rings (SSSR count). The molecule has 1 aliphatic heterocycles. The average Bonchev–Trinajstić information content (AvgIpc) is 2.54. The standard InChI is InChI=1S/C17H15IN2O3/c18-12-4-3-5-13(10-12)19-16(21)8-9-20-14-6-1-2-7-15(14)23-11-17(20)22/h1-7,10H,8-9,11H2,(H,19,21). The van der Waals surface area contributed by atoms with Crippen molar-refractivity contribution in [2.75, 3.05) is 23.4 Å². The third-order valence-corrected chi connectivity index (χ3v) is 4.15. The molecule has 5 nitrogen and oxygen atoms in total.